The molecule has 2 aromatic heterocycles. The third-order valence-electron chi connectivity index (χ3n) is 6.17. The van der Waals surface area contributed by atoms with Crippen LogP contribution in [0.5, 0.6) is 0 Å². The second kappa shape index (κ2) is 8.86. The molecular formula is C26H29FN4O2. The van der Waals surface area contributed by atoms with Gasteiger partial charge in [-0.15, -0.1) is 0 Å². The van der Waals surface area contributed by atoms with E-state index in [0.717, 1.165) is 35.7 Å². The number of aromatic amines is 1. The first kappa shape index (κ1) is 22.8. The van der Waals surface area contributed by atoms with Crippen molar-refractivity contribution in [1.82, 2.24) is 14.9 Å². The molecule has 0 saturated carbocycles. The molecule has 4 rings (SSSR count). The SMILES string of the molecule is CCc1c(-c2ccnc(C#N)c2F)[nH]c2ccc(C3CCN(C(=O)OC(C)(C)C)CC3)cc12. The molecule has 3 heterocycles. The second-order valence-corrected chi connectivity index (χ2v) is 9.51. The summed E-state index contributed by atoms with van der Waals surface area (Å²) in [6, 6.07) is 9.76. The van der Waals surface area contributed by atoms with Crippen molar-refractivity contribution in [3.63, 3.8) is 0 Å². The molecule has 1 fully saturated rings. The van der Waals surface area contributed by atoms with Crippen molar-refractivity contribution >= 4 is 17.0 Å². The van der Waals surface area contributed by atoms with Crippen LogP contribution < -0.4 is 0 Å². The number of nitrogens with one attached hydrogen (secondary N) is 1. The Morgan fingerprint density at radius 1 is 1.30 bits per heavy atom. The standard InChI is InChI=1S/C26H29FN4O2/c1-5-18-20-14-17(16-9-12-31(13-10-16)25(32)33-26(2,3)4)6-7-21(20)30-24(18)19-8-11-29-22(15-28)23(19)27/h6-8,11,14,16,30H,5,9-10,12-13H2,1-4H3. The minimum Gasteiger partial charge on any atom is -0.444 e. The molecule has 7 heteroatoms. The fourth-order valence-corrected chi connectivity index (χ4v) is 4.55. The highest BCUT2D eigenvalue weighted by atomic mass is 19.1. The monoisotopic (exact) mass is 448 g/mol. The Hall–Kier alpha value is -3.40. The van der Waals surface area contributed by atoms with Gasteiger partial charge in [-0.05, 0) is 75.3 Å². The number of ether oxygens (including phenoxy) is 1. The number of aryl methyl sites for hydroxylation is 1. The first-order chi connectivity index (χ1) is 15.7. The summed E-state index contributed by atoms with van der Waals surface area (Å²) in [5.74, 6) is -0.255. The Kier molecular flexibility index (Phi) is 6.11. The van der Waals surface area contributed by atoms with Crippen molar-refractivity contribution in [3.8, 4) is 17.3 Å². The van der Waals surface area contributed by atoms with E-state index in [1.807, 2.05) is 39.8 Å². The second-order valence-electron chi connectivity index (χ2n) is 9.51. The maximum atomic E-state index is 14.8. The van der Waals surface area contributed by atoms with Crippen LogP contribution in [0, 0.1) is 17.1 Å². The number of benzene rings is 1. The Morgan fingerprint density at radius 3 is 2.67 bits per heavy atom. The third-order valence-corrected chi connectivity index (χ3v) is 6.17. The maximum absolute atomic E-state index is 14.8. The summed E-state index contributed by atoms with van der Waals surface area (Å²) in [7, 11) is 0. The van der Waals surface area contributed by atoms with Gasteiger partial charge in [0.15, 0.2) is 11.5 Å². The van der Waals surface area contributed by atoms with E-state index < -0.39 is 11.4 Å². The van der Waals surface area contributed by atoms with E-state index in [9.17, 15) is 9.18 Å². The quantitative estimate of drug-likeness (QED) is 0.539. The molecule has 0 aliphatic carbocycles. The predicted octanol–water partition coefficient (Wildman–Crippen LogP) is 5.92. The molecule has 0 bridgehead atoms. The van der Waals surface area contributed by atoms with Gasteiger partial charge in [0.25, 0.3) is 0 Å². The number of piperidine rings is 1. The Balaban J connectivity index is 1.60. The number of likely N-dealkylation sites (tertiary alicyclic amines) is 1. The number of carbonyl (C=O) groups is 1. The van der Waals surface area contributed by atoms with Gasteiger partial charge in [-0.3, -0.25) is 0 Å². The molecule has 1 aliphatic heterocycles. The number of nitrogens with zero attached hydrogens (tertiary/aromatic N) is 3. The van der Waals surface area contributed by atoms with Crippen LogP contribution in [0.4, 0.5) is 9.18 Å². The van der Waals surface area contributed by atoms with Crippen LogP contribution in [0.25, 0.3) is 22.2 Å². The number of fused-ring (bicyclic) bond motifs is 1. The van der Waals surface area contributed by atoms with Crippen molar-refractivity contribution < 1.29 is 13.9 Å². The normalized spacial score (nSPS) is 15.0. The first-order valence-corrected chi connectivity index (χ1v) is 11.4. The van der Waals surface area contributed by atoms with Crippen molar-refractivity contribution in [2.24, 2.45) is 0 Å². The lowest BCUT2D eigenvalue weighted by Crippen LogP contribution is -2.41. The molecule has 6 nitrogen and oxygen atoms in total. The predicted molar refractivity (Wildman–Crippen MR) is 125 cm³/mol. The number of H-pyrrole nitrogens is 1. The zero-order chi connectivity index (χ0) is 23.8. The number of pyridine rings is 1. The first-order valence-electron chi connectivity index (χ1n) is 11.4. The number of rotatable bonds is 3. The average molecular weight is 449 g/mol. The smallest absolute Gasteiger partial charge is 0.410 e. The van der Waals surface area contributed by atoms with E-state index in [1.165, 1.54) is 11.8 Å². The number of nitriles is 1. The van der Waals surface area contributed by atoms with Gasteiger partial charge in [-0.25, -0.2) is 14.2 Å². The van der Waals surface area contributed by atoms with E-state index in [-0.39, 0.29) is 11.8 Å². The Bertz CT molecular complexity index is 1230. The molecule has 1 amide bonds. The van der Waals surface area contributed by atoms with Crippen LogP contribution in [0.3, 0.4) is 0 Å². The summed E-state index contributed by atoms with van der Waals surface area (Å²) in [4.78, 5) is 21.3. The van der Waals surface area contributed by atoms with Crippen LogP contribution >= 0.6 is 0 Å². The summed E-state index contributed by atoms with van der Waals surface area (Å²) in [5.41, 5.74) is 3.54. The molecule has 0 atom stereocenters. The number of carbonyl (C=O) groups excluding carboxylic acids is 1. The zero-order valence-electron chi connectivity index (χ0n) is 19.5. The summed E-state index contributed by atoms with van der Waals surface area (Å²) in [5, 5.41) is 10.2. The number of hydrogen-bond acceptors (Lipinski definition) is 4. The molecule has 3 aromatic rings. The van der Waals surface area contributed by atoms with E-state index in [2.05, 4.69) is 22.1 Å². The molecule has 33 heavy (non-hydrogen) atoms. The van der Waals surface area contributed by atoms with Crippen molar-refractivity contribution in [2.45, 2.75) is 58.5 Å². The van der Waals surface area contributed by atoms with Gasteiger partial charge >= 0.3 is 6.09 Å². The minimum atomic E-state index is -0.601. The van der Waals surface area contributed by atoms with Gasteiger partial charge in [-0.2, -0.15) is 5.26 Å². The summed E-state index contributed by atoms with van der Waals surface area (Å²) in [6.07, 6.45) is 3.67. The summed E-state index contributed by atoms with van der Waals surface area (Å²) >= 11 is 0. The van der Waals surface area contributed by atoms with E-state index in [1.54, 1.807) is 11.0 Å². The lowest BCUT2D eigenvalue weighted by Gasteiger charge is -2.33. The molecule has 0 unspecified atom stereocenters. The highest BCUT2D eigenvalue weighted by Gasteiger charge is 2.28. The van der Waals surface area contributed by atoms with Crippen molar-refractivity contribution in [3.05, 3.63) is 53.1 Å². The van der Waals surface area contributed by atoms with Gasteiger partial charge in [0.2, 0.25) is 0 Å². The Labute approximate surface area is 193 Å². The third kappa shape index (κ3) is 4.56. The lowest BCUT2D eigenvalue weighted by atomic mass is 9.88. The molecule has 0 radical (unpaired) electrons. The molecule has 0 spiro atoms. The van der Waals surface area contributed by atoms with Gasteiger partial charge < -0.3 is 14.6 Å². The van der Waals surface area contributed by atoms with Crippen LogP contribution in [-0.4, -0.2) is 39.7 Å². The topological polar surface area (TPSA) is 82.0 Å². The number of amides is 1. The molecule has 1 aromatic carbocycles. The van der Waals surface area contributed by atoms with E-state index in [0.29, 0.717) is 30.3 Å². The van der Waals surface area contributed by atoms with Crippen LogP contribution in [0.1, 0.15) is 63.3 Å². The highest BCUT2D eigenvalue weighted by molar-refractivity contribution is 5.91. The largest absolute Gasteiger partial charge is 0.444 e. The molecule has 172 valence electrons. The van der Waals surface area contributed by atoms with Crippen molar-refractivity contribution in [1.29, 1.82) is 5.26 Å². The summed E-state index contributed by atoms with van der Waals surface area (Å²) < 4.78 is 20.3. The Morgan fingerprint density at radius 2 is 2.03 bits per heavy atom. The van der Waals surface area contributed by atoms with Crippen LogP contribution in [0.2, 0.25) is 0 Å². The number of aromatic nitrogens is 2. The summed E-state index contributed by atoms with van der Waals surface area (Å²) in [6.45, 7) is 9.00. The minimum absolute atomic E-state index is 0.203. The zero-order valence-corrected chi connectivity index (χ0v) is 19.5. The van der Waals surface area contributed by atoms with Gasteiger partial charge in [0, 0.05) is 35.8 Å². The van der Waals surface area contributed by atoms with E-state index >= 15 is 0 Å². The van der Waals surface area contributed by atoms with Gasteiger partial charge in [-0.1, -0.05) is 13.0 Å². The fourth-order valence-electron chi connectivity index (χ4n) is 4.55. The van der Waals surface area contributed by atoms with Crippen LogP contribution in [-0.2, 0) is 11.2 Å². The van der Waals surface area contributed by atoms with E-state index in [4.69, 9.17) is 10.00 Å². The maximum Gasteiger partial charge on any atom is 0.410 e. The average Bonchev–Trinajstić information content (AvgIpc) is 3.15. The number of hydrogen-bond donors (Lipinski definition) is 1. The highest BCUT2D eigenvalue weighted by Crippen LogP contribution is 2.36. The van der Waals surface area contributed by atoms with Gasteiger partial charge in [0.05, 0.1) is 5.69 Å². The van der Waals surface area contributed by atoms with Crippen molar-refractivity contribution in [2.75, 3.05) is 13.1 Å². The van der Waals surface area contributed by atoms with Gasteiger partial charge in [0.1, 0.15) is 11.7 Å². The fraction of sp³-hybridized carbons (Fsp3) is 0.423. The molecule has 1 N–H and O–H groups in total. The van der Waals surface area contributed by atoms with Crippen LogP contribution in [0.15, 0.2) is 30.5 Å². The molecule has 1 aliphatic rings. The lowest BCUT2D eigenvalue weighted by molar-refractivity contribution is 0.0205. The molecule has 1 saturated heterocycles. The number of halogens is 1. The molecular weight excluding hydrogens is 419 g/mol.